The van der Waals surface area contributed by atoms with Gasteiger partial charge in [-0.15, -0.1) is 0 Å². The van der Waals surface area contributed by atoms with Crippen molar-refractivity contribution in [3.63, 3.8) is 0 Å². The predicted molar refractivity (Wildman–Crippen MR) is 54.6 cm³/mol. The van der Waals surface area contributed by atoms with Crippen LogP contribution in [0.15, 0.2) is 18.3 Å². The molecule has 0 N–H and O–H groups in total. The normalized spacial score (nSPS) is 11.2. The number of hydrogen-bond acceptors (Lipinski definition) is 2. The van der Waals surface area contributed by atoms with E-state index in [-0.39, 0.29) is 5.82 Å². The maximum absolute atomic E-state index is 13.3. The average molecular weight is 195 g/mol. The second kappa shape index (κ2) is 4.74. The Labute approximate surface area is 83.4 Å². The molecule has 3 heteroatoms. The van der Waals surface area contributed by atoms with Crippen molar-refractivity contribution >= 4 is 6.08 Å². The van der Waals surface area contributed by atoms with Gasteiger partial charge < -0.3 is 4.74 Å². The first kappa shape index (κ1) is 10.7. The smallest absolute Gasteiger partial charge is 0.152 e. The average Bonchev–Trinajstić information content (AvgIpc) is 2.15. The Balaban J connectivity index is 2.89. The highest BCUT2D eigenvalue weighted by Crippen LogP contribution is 2.14. The van der Waals surface area contributed by atoms with E-state index in [0.717, 1.165) is 0 Å². The van der Waals surface area contributed by atoms with Crippen molar-refractivity contribution in [3.8, 4) is 5.75 Å². The van der Waals surface area contributed by atoms with E-state index in [0.29, 0.717) is 17.4 Å². The number of hydrogen-bond donors (Lipinski definition) is 0. The van der Waals surface area contributed by atoms with Crippen LogP contribution in [0.4, 0.5) is 4.39 Å². The maximum Gasteiger partial charge on any atom is 0.152 e. The zero-order valence-corrected chi connectivity index (χ0v) is 8.62. The van der Waals surface area contributed by atoms with Crippen molar-refractivity contribution in [2.24, 2.45) is 5.92 Å². The fourth-order valence-corrected chi connectivity index (χ4v) is 0.949. The lowest BCUT2D eigenvalue weighted by atomic mass is 10.2. The van der Waals surface area contributed by atoms with Crippen molar-refractivity contribution in [2.75, 3.05) is 7.11 Å². The summed E-state index contributed by atoms with van der Waals surface area (Å²) in [6.45, 7) is 4.05. The molecule has 0 aromatic carbocycles. The molecule has 0 spiro atoms. The summed E-state index contributed by atoms with van der Waals surface area (Å²) >= 11 is 0. The summed E-state index contributed by atoms with van der Waals surface area (Å²) in [5.41, 5.74) is 0.347. The molecule has 0 saturated carbocycles. The summed E-state index contributed by atoms with van der Waals surface area (Å²) in [5.74, 6) is 0.462. The van der Waals surface area contributed by atoms with Gasteiger partial charge in [0.15, 0.2) is 5.82 Å². The van der Waals surface area contributed by atoms with E-state index in [9.17, 15) is 4.39 Å². The number of pyridine rings is 1. The van der Waals surface area contributed by atoms with Gasteiger partial charge in [-0.2, -0.15) is 0 Å². The molecule has 0 aliphatic heterocycles. The Hall–Kier alpha value is -1.38. The van der Waals surface area contributed by atoms with Gasteiger partial charge in [0.2, 0.25) is 0 Å². The number of aromatic nitrogens is 1. The summed E-state index contributed by atoms with van der Waals surface area (Å²) in [6, 6.07) is 1.33. The van der Waals surface area contributed by atoms with Crippen LogP contribution in [-0.4, -0.2) is 12.1 Å². The summed E-state index contributed by atoms with van der Waals surface area (Å²) in [7, 11) is 1.49. The van der Waals surface area contributed by atoms with Crippen molar-refractivity contribution in [3.05, 3.63) is 29.9 Å². The van der Waals surface area contributed by atoms with E-state index in [4.69, 9.17) is 4.74 Å². The zero-order valence-electron chi connectivity index (χ0n) is 8.62. The molecular formula is C11H14FNO. The molecule has 1 aromatic heterocycles. The molecule has 1 aromatic rings. The Bertz CT molecular complexity index is 334. The van der Waals surface area contributed by atoms with Crippen molar-refractivity contribution in [2.45, 2.75) is 13.8 Å². The first-order valence-electron chi connectivity index (χ1n) is 4.51. The van der Waals surface area contributed by atoms with Crippen LogP contribution in [0.5, 0.6) is 5.75 Å². The highest BCUT2D eigenvalue weighted by molar-refractivity contribution is 5.46. The molecule has 0 atom stereocenters. The second-order valence-corrected chi connectivity index (χ2v) is 3.35. The molecule has 0 saturated heterocycles. The third-order valence-electron chi connectivity index (χ3n) is 1.72. The van der Waals surface area contributed by atoms with Crippen molar-refractivity contribution < 1.29 is 9.13 Å². The van der Waals surface area contributed by atoms with Crippen LogP contribution >= 0.6 is 0 Å². The van der Waals surface area contributed by atoms with Crippen LogP contribution < -0.4 is 4.74 Å². The van der Waals surface area contributed by atoms with Crippen LogP contribution in [0.2, 0.25) is 0 Å². The first-order chi connectivity index (χ1) is 6.63. The standard InChI is InChI=1S/C11H14FNO/c1-8(2)4-5-11-10(12)6-9(14-3)7-13-11/h4-8H,1-3H3/b5-4+. The van der Waals surface area contributed by atoms with E-state index in [1.165, 1.54) is 19.4 Å². The Morgan fingerprint density at radius 1 is 1.50 bits per heavy atom. The van der Waals surface area contributed by atoms with Gasteiger partial charge >= 0.3 is 0 Å². The molecular weight excluding hydrogens is 181 g/mol. The zero-order chi connectivity index (χ0) is 10.6. The SMILES string of the molecule is COc1cnc(/C=C/C(C)C)c(F)c1. The van der Waals surface area contributed by atoms with Gasteiger partial charge in [0.05, 0.1) is 19.0 Å². The van der Waals surface area contributed by atoms with Gasteiger partial charge in [-0.1, -0.05) is 19.9 Å². The van der Waals surface area contributed by atoms with Gasteiger partial charge in [0.25, 0.3) is 0 Å². The number of methoxy groups -OCH3 is 1. The van der Waals surface area contributed by atoms with Crippen LogP contribution in [0.25, 0.3) is 6.08 Å². The molecule has 1 heterocycles. The predicted octanol–water partition coefficient (Wildman–Crippen LogP) is 2.90. The van der Waals surface area contributed by atoms with E-state index in [1.807, 2.05) is 19.9 Å². The third-order valence-corrected chi connectivity index (χ3v) is 1.72. The van der Waals surface area contributed by atoms with Crippen molar-refractivity contribution in [1.82, 2.24) is 4.98 Å². The van der Waals surface area contributed by atoms with Gasteiger partial charge in [0.1, 0.15) is 5.75 Å². The molecule has 0 aliphatic rings. The maximum atomic E-state index is 13.3. The number of ether oxygens (including phenoxy) is 1. The van der Waals surface area contributed by atoms with E-state index in [2.05, 4.69) is 4.98 Å². The van der Waals surface area contributed by atoms with Gasteiger partial charge in [0, 0.05) is 6.07 Å². The molecule has 0 amide bonds. The number of halogens is 1. The topological polar surface area (TPSA) is 22.1 Å². The number of rotatable bonds is 3. The third kappa shape index (κ3) is 2.83. The molecule has 0 radical (unpaired) electrons. The number of nitrogens with zero attached hydrogens (tertiary/aromatic N) is 1. The first-order valence-corrected chi connectivity index (χ1v) is 4.51. The quantitative estimate of drug-likeness (QED) is 0.739. The Morgan fingerprint density at radius 3 is 2.71 bits per heavy atom. The fraction of sp³-hybridized carbons (Fsp3) is 0.364. The van der Waals surface area contributed by atoms with Gasteiger partial charge in [-0.3, -0.25) is 0 Å². The molecule has 0 unspecified atom stereocenters. The van der Waals surface area contributed by atoms with E-state index < -0.39 is 0 Å². The van der Waals surface area contributed by atoms with Gasteiger partial charge in [-0.25, -0.2) is 9.37 Å². The minimum Gasteiger partial charge on any atom is -0.495 e. The largest absolute Gasteiger partial charge is 0.495 e. The molecule has 1 rings (SSSR count). The van der Waals surface area contributed by atoms with Crippen LogP contribution in [0.3, 0.4) is 0 Å². The van der Waals surface area contributed by atoms with Crippen LogP contribution in [-0.2, 0) is 0 Å². The summed E-state index contributed by atoms with van der Waals surface area (Å²) in [6.07, 6.45) is 5.08. The second-order valence-electron chi connectivity index (χ2n) is 3.35. The molecule has 2 nitrogen and oxygen atoms in total. The van der Waals surface area contributed by atoms with E-state index >= 15 is 0 Å². The Morgan fingerprint density at radius 2 is 2.21 bits per heavy atom. The lowest BCUT2D eigenvalue weighted by molar-refractivity contribution is 0.408. The molecule has 14 heavy (non-hydrogen) atoms. The lowest BCUT2D eigenvalue weighted by Crippen LogP contribution is -1.91. The summed E-state index contributed by atoms with van der Waals surface area (Å²) in [5, 5.41) is 0. The molecule has 76 valence electrons. The van der Waals surface area contributed by atoms with Gasteiger partial charge in [-0.05, 0) is 12.0 Å². The van der Waals surface area contributed by atoms with Crippen LogP contribution in [0.1, 0.15) is 19.5 Å². The fourth-order valence-electron chi connectivity index (χ4n) is 0.949. The summed E-state index contributed by atoms with van der Waals surface area (Å²) in [4.78, 5) is 3.93. The number of allylic oxidation sites excluding steroid dienone is 1. The Kier molecular flexibility index (Phi) is 3.63. The highest BCUT2D eigenvalue weighted by atomic mass is 19.1. The lowest BCUT2D eigenvalue weighted by Gasteiger charge is -2.01. The van der Waals surface area contributed by atoms with Crippen molar-refractivity contribution in [1.29, 1.82) is 0 Å². The van der Waals surface area contributed by atoms with E-state index in [1.54, 1.807) is 6.08 Å². The minimum absolute atomic E-state index is 0.347. The molecule has 0 bridgehead atoms. The monoisotopic (exact) mass is 195 g/mol. The summed E-state index contributed by atoms with van der Waals surface area (Å²) < 4.78 is 18.1. The highest BCUT2D eigenvalue weighted by Gasteiger charge is 2.02. The molecule has 0 aliphatic carbocycles. The minimum atomic E-state index is -0.360. The van der Waals surface area contributed by atoms with Crippen LogP contribution in [0, 0.1) is 11.7 Å². The molecule has 0 fully saturated rings.